The molecule has 0 unspecified atom stereocenters. The number of benzene rings is 2. The van der Waals surface area contributed by atoms with Crippen molar-refractivity contribution in [3.63, 3.8) is 0 Å². The Labute approximate surface area is 150 Å². The van der Waals surface area contributed by atoms with Gasteiger partial charge in [0.25, 0.3) is 5.91 Å². The maximum atomic E-state index is 12.2. The van der Waals surface area contributed by atoms with Crippen LogP contribution in [0.5, 0.6) is 0 Å². The van der Waals surface area contributed by atoms with Crippen molar-refractivity contribution in [1.29, 1.82) is 0 Å². The number of nitrogens with zero attached hydrogens (tertiary/aromatic N) is 4. The van der Waals surface area contributed by atoms with Crippen molar-refractivity contribution in [3.05, 3.63) is 66.4 Å². The van der Waals surface area contributed by atoms with Crippen molar-refractivity contribution in [2.24, 2.45) is 0 Å². The Hall–Kier alpha value is -3.48. The number of hydrogen-bond acceptors (Lipinski definition) is 4. The van der Waals surface area contributed by atoms with Gasteiger partial charge in [-0.3, -0.25) is 4.79 Å². The average Bonchev–Trinajstić information content (AvgIpc) is 3.35. The van der Waals surface area contributed by atoms with Gasteiger partial charge in [-0.25, -0.2) is 0 Å². The van der Waals surface area contributed by atoms with Gasteiger partial charge in [-0.2, -0.15) is 5.21 Å². The second-order valence-corrected chi connectivity index (χ2v) is 5.99. The highest BCUT2D eigenvalue weighted by Gasteiger charge is 2.07. The topological polar surface area (TPSA) is 88.5 Å². The number of fused-ring (bicyclic) bond motifs is 1. The Morgan fingerprint density at radius 3 is 2.73 bits per heavy atom. The summed E-state index contributed by atoms with van der Waals surface area (Å²) < 4.78 is 2.21. The molecular formula is C19H18N6O. The fourth-order valence-corrected chi connectivity index (χ4v) is 2.94. The number of carbonyl (C=O) groups excluding carboxylic acids is 1. The Morgan fingerprint density at radius 2 is 1.92 bits per heavy atom. The van der Waals surface area contributed by atoms with Crippen LogP contribution in [0.1, 0.15) is 16.8 Å². The summed E-state index contributed by atoms with van der Waals surface area (Å²) in [6.45, 7) is 1.49. The van der Waals surface area contributed by atoms with Gasteiger partial charge in [0, 0.05) is 35.9 Å². The van der Waals surface area contributed by atoms with Crippen molar-refractivity contribution < 1.29 is 4.79 Å². The number of tetrazole rings is 1. The van der Waals surface area contributed by atoms with Gasteiger partial charge in [-0.05, 0) is 41.3 Å². The number of aryl methyl sites for hydroxylation is 1. The Kier molecular flexibility index (Phi) is 4.42. The first-order valence-corrected chi connectivity index (χ1v) is 8.47. The van der Waals surface area contributed by atoms with Gasteiger partial charge in [0.05, 0.1) is 0 Å². The van der Waals surface area contributed by atoms with E-state index in [-0.39, 0.29) is 5.91 Å². The zero-order chi connectivity index (χ0) is 17.8. The maximum Gasteiger partial charge on any atom is 0.251 e. The monoisotopic (exact) mass is 346 g/mol. The molecule has 2 aromatic heterocycles. The Morgan fingerprint density at radius 1 is 1.08 bits per heavy atom. The van der Waals surface area contributed by atoms with Gasteiger partial charge in [-0.15, -0.1) is 10.2 Å². The molecule has 0 saturated carbocycles. The van der Waals surface area contributed by atoms with Crippen LogP contribution in [0, 0.1) is 0 Å². The summed E-state index contributed by atoms with van der Waals surface area (Å²) in [5.41, 5.74) is 2.65. The SMILES string of the molecule is O=C(NCCCn1ccc2ccccc21)c1ccc(-c2nn[nH]n2)cc1. The van der Waals surface area contributed by atoms with Gasteiger partial charge in [0.1, 0.15) is 0 Å². The maximum absolute atomic E-state index is 12.2. The molecule has 0 fully saturated rings. The quantitative estimate of drug-likeness (QED) is 0.525. The van der Waals surface area contributed by atoms with Crippen LogP contribution in [-0.2, 0) is 6.54 Å². The lowest BCUT2D eigenvalue weighted by atomic mass is 10.1. The lowest BCUT2D eigenvalue weighted by Gasteiger charge is -2.08. The number of hydrogen-bond donors (Lipinski definition) is 2. The van der Waals surface area contributed by atoms with Crippen LogP contribution in [0.2, 0.25) is 0 Å². The van der Waals surface area contributed by atoms with E-state index in [0.29, 0.717) is 17.9 Å². The normalized spacial score (nSPS) is 10.9. The predicted octanol–water partition coefficient (Wildman–Crippen LogP) is 2.64. The van der Waals surface area contributed by atoms with E-state index in [1.807, 2.05) is 24.3 Å². The molecule has 2 aromatic carbocycles. The second kappa shape index (κ2) is 7.18. The van der Waals surface area contributed by atoms with Gasteiger partial charge < -0.3 is 9.88 Å². The van der Waals surface area contributed by atoms with Gasteiger partial charge in [0.2, 0.25) is 5.82 Å². The zero-order valence-electron chi connectivity index (χ0n) is 14.1. The van der Waals surface area contributed by atoms with E-state index >= 15 is 0 Å². The zero-order valence-corrected chi connectivity index (χ0v) is 14.1. The third-order valence-corrected chi connectivity index (χ3v) is 4.29. The molecule has 0 aliphatic heterocycles. The molecule has 0 spiro atoms. The Bertz CT molecular complexity index is 1000. The molecule has 1 amide bonds. The molecule has 2 N–H and O–H groups in total. The minimum absolute atomic E-state index is 0.0815. The molecule has 4 aromatic rings. The summed E-state index contributed by atoms with van der Waals surface area (Å²) in [6, 6.07) is 17.6. The summed E-state index contributed by atoms with van der Waals surface area (Å²) in [5, 5.41) is 18.0. The van der Waals surface area contributed by atoms with E-state index in [4.69, 9.17) is 0 Å². The highest BCUT2D eigenvalue weighted by Crippen LogP contribution is 2.15. The molecule has 0 bridgehead atoms. The fraction of sp³-hybridized carbons (Fsp3) is 0.158. The van der Waals surface area contributed by atoms with E-state index in [0.717, 1.165) is 18.5 Å². The van der Waals surface area contributed by atoms with Crippen molar-refractivity contribution in [2.45, 2.75) is 13.0 Å². The number of carbonyl (C=O) groups is 1. The summed E-state index contributed by atoms with van der Waals surface area (Å²) in [7, 11) is 0. The number of amides is 1. The summed E-state index contributed by atoms with van der Waals surface area (Å²) in [6.07, 6.45) is 2.95. The lowest BCUT2D eigenvalue weighted by molar-refractivity contribution is 0.0953. The van der Waals surface area contributed by atoms with Gasteiger partial charge in [-0.1, -0.05) is 30.3 Å². The van der Waals surface area contributed by atoms with Crippen LogP contribution in [0.25, 0.3) is 22.3 Å². The molecule has 26 heavy (non-hydrogen) atoms. The third kappa shape index (κ3) is 3.32. The van der Waals surface area contributed by atoms with E-state index < -0.39 is 0 Å². The molecule has 0 radical (unpaired) electrons. The lowest BCUT2D eigenvalue weighted by Crippen LogP contribution is -2.25. The van der Waals surface area contributed by atoms with Crippen LogP contribution in [-0.4, -0.2) is 37.6 Å². The third-order valence-electron chi connectivity index (χ3n) is 4.29. The smallest absolute Gasteiger partial charge is 0.251 e. The second-order valence-electron chi connectivity index (χ2n) is 5.99. The number of aromatic nitrogens is 5. The van der Waals surface area contributed by atoms with Crippen molar-refractivity contribution in [2.75, 3.05) is 6.54 Å². The van der Waals surface area contributed by atoms with E-state index in [9.17, 15) is 4.79 Å². The van der Waals surface area contributed by atoms with Crippen molar-refractivity contribution in [1.82, 2.24) is 30.5 Å². The highest BCUT2D eigenvalue weighted by molar-refractivity contribution is 5.94. The minimum atomic E-state index is -0.0815. The first kappa shape index (κ1) is 16.0. The molecule has 4 rings (SSSR count). The molecule has 130 valence electrons. The fourth-order valence-electron chi connectivity index (χ4n) is 2.94. The standard InChI is InChI=1S/C19H18N6O/c26-19(16-8-6-15(7-9-16)18-21-23-24-22-18)20-11-3-12-25-13-10-14-4-1-2-5-17(14)25/h1-2,4-10,13H,3,11-12H2,(H,20,26)(H,21,22,23,24). The first-order valence-electron chi connectivity index (χ1n) is 8.47. The molecule has 0 aliphatic rings. The number of H-pyrrole nitrogens is 1. The number of nitrogens with one attached hydrogen (secondary N) is 2. The van der Waals surface area contributed by atoms with Gasteiger partial charge in [0.15, 0.2) is 0 Å². The van der Waals surface area contributed by atoms with Crippen LogP contribution in [0.15, 0.2) is 60.8 Å². The molecule has 0 atom stereocenters. The molecule has 7 nitrogen and oxygen atoms in total. The van der Waals surface area contributed by atoms with Crippen molar-refractivity contribution in [3.8, 4) is 11.4 Å². The Balaban J connectivity index is 1.30. The minimum Gasteiger partial charge on any atom is -0.352 e. The van der Waals surface area contributed by atoms with Crippen LogP contribution in [0.4, 0.5) is 0 Å². The number of para-hydroxylation sites is 1. The van der Waals surface area contributed by atoms with Crippen LogP contribution in [0.3, 0.4) is 0 Å². The van der Waals surface area contributed by atoms with E-state index in [1.165, 1.54) is 10.9 Å². The van der Waals surface area contributed by atoms with Gasteiger partial charge >= 0.3 is 0 Å². The first-order chi connectivity index (χ1) is 12.8. The van der Waals surface area contributed by atoms with Crippen LogP contribution < -0.4 is 5.32 Å². The summed E-state index contributed by atoms with van der Waals surface area (Å²) >= 11 is 0. The van der Waals surface area contributed by atoms with E-state index in [2.05, 4.69) is 54.9 Å². The summed E-state index contributed by atoms with van der Waals surface area (Å²) in [4.78, 5) is 12.2. The molecule has 0 aliphatic carbocycles. The molecule has 0 saturated heterocycles. The van der Waals surface area contributed by atoms with E-state index in [1.54, 1.807) is 12.1 Å². The average molecular weight is 346 g/mol. The molecule has 7 heteroatoms. The summed E-state index contributed by atoms with van der Waals surface area (Å²) in [5.74, 6) is 0.429. The van der Waals surface area contributed by atoms with Crippen molar-refractivity contribution >= 4 is 16.8 Å². The molecule has 2 heterocycles. The number of aromatic amines is 1. The largest absolute Gasteiger partial charge is 0.352 e. The predicted molar refractivity (Wildman–Crippen MR) is 98.5 cm³/mol. The van der Waals surface area contributed by atoms with Crippen LogP contribution >= 0.6 is 0 Å². The highest BCUT2D eigenvalue weighted by atomic mass is 16.1. The molecular weight excluding hydrogens is 328 g/mol. The number of rotatable bonds is 6.